The number of pyridine rings is 1. The van der Waals surface area contributed by atoms with E-state index in [2.05, 4.69) is 10.3 Å². The normalized spacial score (nSPS) is 12.8. The number of H-pyrrole nitrogens is 1. The van der Waals surface area contributed by atoms with Crippen molar-refractivity contribution in [3.8, 4) is 0 Å². The fourth-order valence-corrected chi connectivity index (χ4v) is 2.42. The van der Waals surface area contributed by atoms with Crippen molar-refractivity contribution in [2.75, 3.05) is 5.75 Å². The highest BCUT2D eigenvalue weighted by Gasteiger charge is 2.25. The van der Waals surface area contributed by atoms with Crippen LogP contribution in [-0.4, -0.2) is 30.2 Å². The van der Waals surface area contributed by atoms with Gasteiger partial charge in [0.2, 0.25) is 5.91 Å². The van der Waals surface area contributed by atoms with Gasteiger partial charge >= 0.3 is 0 Å². The molecule has 1 amide bonds. The first-order valence-electron chi connectivity index (χ1n) is 6.74. The van der Waals surface area contributed by atoms with Crippen LogP contribution in [0.4, 0.5) is 0 Å². The highest BCUT2D eigenvalue weighted by atomic mass is 32.2. The van der Waals surface area contributed by atoms with Gasteiger partial charge in [-0.3, -0.25) is 4.79 Å². The lowest BCUT2D eigenvalue weighted by atomic mass is 10.0. The first-order valence-corrected chi connectivity index (χ1v) is 8.32. The van der Waals surface area contributed by atoms with E-state index in [4.69, 9.17) is 0 Å². The summed E-state index contributed by atoms with van der Waals surface area (Å²) in [5.74, 6) is -1.01. The second kappa shape index (κ2) is 8.74. The monoisotopic (exact) mass is 316 g/mol. The minimum Gasteiger partial charge on any atom is -0.748 e. The van der Waals surface area contributed by atoms with E-state index in [0.29, 0.717) is 6.42 Å². The van der Waals surface area contributed by atoms with Crippen LogP contribution in [0.25, 0.3) is 0 Å². The predicted molar refractivity (Wildman–Crippen MR) is 79.2 cm³/mol. The molecule has 0 aliphatic heterocycles. The number of carbonyl (C=O) groups excluding carboxylic acids is 1. The Kier molecular flexibility index (Phi) is 8.12. The van der Waals surface area contributed by atoms with Crippen molar-refractivity contribution in [3.63, 3.8) is 0 Å². The number of hydrogen-bond acceptors (Lipinski definition) is 4. The van der Waals surface area contributed by atoms with Crippen molar-refractivity contribution in [1.82, 2.24) is 5.32 Å². The van der Waals surface area contributed by atoms with Crippen LogP contribution in [-0.2, 0) is 14.9 Å². The molecule has 21 heavy (non-hydrogen) atoms. The van der Waals surface area contributed by atoms with E-state index in [9.17, 15) is 17.8 Å². The molecule has 1 rings (SSSR count). The number of amides is 1. The predicted octanol–water partition coefficient (Wildman–Crippen LogP) is 0.973. The van der Waals surface area contributed by atoms with E-state index < -0.39 is 21.4 Å². The summed E-state index contributed by atoms with van der Waals surface area (Å²) in [5, 5.41) is 2.55. The van der Waals surface area contributed by atoms with Crippen LogP contribution in [0.3, 0.4) is 0 Å². The lowest BCUT2D eigenvalue weighted by Gasteiger charge is -2.28. The molecule has 2 N–H and O–H groups in total. The van der Waals surface area contributed by atoms with Gasteiger partial charge in [-0.15, -0.1) is 0 Å². The number of hydrogen-bond donors (Lipinski definition) is 1. The Morgan fingerprint density at radius 1 is 1.29 bits per heavy atom. The molecule has 1 unspecified atom stereocenters. The Balaban J connectivity index is 0.000000547. The lowest BCUT2D eigenvalue weighted by molar-refractivity contribution is -0.377. The summed E-state index contributed by atoms with van der Waals surface area (Å²) in [7, 11) is -4.32. The summed E-state index contributed by atoms with van der Waals surface area (Å²) in [6, 6.07) is 5.86. The van der Waals surface area contributed by atoms with E-state index in [1.165, 1.54) is 13.8 Å². The fraction of sp³-hybridized carbons (Fsp3) is 0.571. The van der Waals surface area contributed by atoms with E-state index in [1.807, 2.05) is 37.5 Å². The summed E-state index contributed by atoms with van der Waals surface area (Å²) >= 11 is 0. The summed E-state index contributed by atoms with van der Waals surface area (Å²) in [5.41, 5.74) is -1.01. The Bertz CT molecular complexity index is 488. The first kappa shape index (κ1) is 19.5. The molecule has 1 aromatic rings. The van der Waals surface area contributed by atoms with Gasteiger partial charge in [0.1, 0.15) is 0 Å². The van der Waals surface area contributed by atoms with Crippen LogP contribution < -0.4 is 10.3 Å². The zero-order chi connectivity index (χ0) is 16.5. The molecule has 0 radical (unpaired) electrons. The quantitative estimate of drug-likeness (QED) is 0.818. The SMILES string of the molecule is CCC(C)C(=O)NC(C)(C)CS(=O)(=O)[O-].c1cc[nH+]cc1. The van der Waals surface area contributed by atoms with Crippen LogP contribution in [0.2, 0.25) is 0 Å². The number of aromatic amines is 1. The minimum absolute atomic E-state index is 0.182. The molecule has 0 aliphatic rings. The van der Waals surface area contributed by atoms with E-state index in [1.54, 1.807) is 6.92 Å². The van der Waals surface area contributed by atoms with Gasteiger partial charge in [0, 0.05) is 23.6 Å². The van der Waals surface area contributed by atoms with Gasteiger partial charge in [-0.2, -0.15) is 0 Å². The van der Waals surface area contributed by atoms with Crippen molar-refractivity contribution < 1.29 is 22.7 Å². The highest BCUT2D eigenvalue weighted by Crippen LogP contribution is 2.09. The van der Waals surface area contributed by atoms with Gasteiger partial charge in [0.25, 0.3) is 0 Å². The molecule has 0 saturated carbocycles. The third-order valence-electron chi connectivity index (χ3n) is 2.67. The first-order chi connectivity index (χ1) is 9.57. The molecule has 120 valence electrons. The van der Waals surface area contributed by atoms with E-state index in [-0.39, 0.29) is 11.8 Å². The standard InChI is InChI=1S/C9H19NO4S.C5H5N/c1-5-7(2)8(11)10-9(3,4)6-15(12,13)14;1-2-4-6-5-3-1/h7H,5-6H2,1-4H3,(H,10,11)(H,12,13,14);1-5H. The van der Waals surface area contributed by atoms with Crippen LogP contribution in [0.5, 0.6) is 0 Å². The molecule has 0 bridgehead atoms. The molecular formula is C14H24N2O4S. The topological polar surface area (TPSA) is 100 Å². The Hall–Kier alpha value is -1.47. The van der Waals surface area contributed by atoms with Crippen molar-refractivity contribution >= 4 is 16.0 Å². The molecule has 0 fully saturated rings. The number of nitrogens with one attached hydrogen (secondary N) is 2. The fourth-order valence-electron chi connectivity index (χ4n) is 1.46. The summed E-state index contributed by atoms with van der Waals surface area (Å²) in [4.78, 5) is 14.4. The van der Waals surface area contributed by atoms with Gasteiger partial charge in [0.05, 0.1) is 15.9 Å². The smallest absolute Gasteiger partial charge is 0.223 e. The third-order valence-corrected chi connectivity index (χ3v) is 3.74. The lowest BCUT2D eigenvalue weighted by Crippen LogP contribution is -2.49. The molecular weight excluding hydrogens is 292 g/mol. The van der Waals surface area contributed by atoms with Gasteiger partial charge in [-0.05, 0) is 20.3 Å². The van der Waals surface area contributed by atoms with Crippen LogP contribution >= 0.6 is 0 Å². The molecule has 1 atom stereocenters. The Labute approximate surface area is 126 Å². The van der Waals surface area contributed by atoms with Crippen molar-refractivity contribution in [2.45, 2.75) is 39.7 Å². The largest absolute Gasteiger partial charge is 0.748 e. The molecule has 0 saturated heterocycles. The van der Waals surface area contributed by atoms with Gasteiger partial charge < -0.3 is 9.87 Å². The molecule has 0 aliphatic carbocycles. The highest BCUT2D eigenvalue weighted by molar-refractivity contribution is 7.85. The molecule has 1 aromatic heterocycles. The summed E-state index contributed by atoms with van der Waals surface area (Å²) in [6.45, 7) is 6.64. The van der Waals surface area contributed by atoms with Gasteiger partial charge in [-0.1, -0.05) is 19.9 Å². The van der Waals surface area contributed by atoms with Crippen LogP contribution in [0.15, 0.2) is 30.6 Å². The Morgan fingerprint density at radius 3 is 2.10 bits per heavy atom. The molecule has 6 nitrogen and oxygen atoms in total. The number of rotatable bonds is 5. The second-order valence-corrected chi connectivity index (χ2v) is 6.87. The van der Waals surface area contributed by atoms with Crippen molar-refractivity contribution in [3.05, 3.63) is 30.6 Å². The van der Waals surface area contributed by atoms with E-state index >= 15 is 0 Å². The molecule has 0 aromatic carbocycles. The van der Waals surface area contributed by atoms with Gasteiger partial charge in [0.15, 0.2) is 12.4 Å². The Morgan fingerprint density at radius 2 is 1.81 bits per heavy atom. The zero-order valence-electron chi connectivity index (χ0n) is 12.9. The average Bonchev–Trinajstić information content (AvgIpc) is 2.37. The van der Waals surface area contributed by atoms with Crippen molar-refractivity contribution in [2.24, 2.45) is 5.92 Å². The second-order valence-electron chi connectivity index (χ2n) is 5.46. The number of carbonyl (C=O) groups is 1. The molecule has 1 heterocycles. The zero-order valence-corrected chi connectivity index (χ0v) is 13.7. The summed E-state index contributed by atoms with van der Waals surface area (Å²) < 4.78 is 31.7. The summed E-state index contributed by atoms with van der Waals surface area (Å²) in [6.07, 6.45) is 4.42. The van der Waals surface area contributed by atoms with Crippen LogP contribution in [0, 0.1) is 5.92 Å². The maximum Gasteiger partial charge on any atom is 0.223 e. The maximum absolute atomic E-state index is 11.5. The third kappa shape index (κ3) is 10.9. The minimum atomic E-state index is -4.32. The van der Waals surface area contributed by atoms with Crippen LogP contribution in [0.1, 0.15) is 34.1 Å². The average molecular weight is 316 g/mol. The van der Waals surface area contributed by atoms with E-state index in [0.717, 1.165) is 0 Å². The van der Waals surface area contributed by atoms with Crippen molar-refractivity contribution in [1.29, 1.82) is 0 Å². The number of aromatic nitrogens is 1. The molecule has 7 heteroatoms. The molecule has 0 spiro atoms. The maximum atomic E-state index is 11.5. The van der Waals surface area contributed by atoms with Gasteiger partial charge in [-0.25, -0.2) is 13.4 Å².